The Morgan fingerprint density at radius 1 is 0.750 bits per heavy atom. The molecular weight excluding hydrogens is 304 g/mol. The average Bonchev–Trinajstić information content (AvgIpc) is 2.61. The number of rotatable bonds is 6. The van der Waals surface area contributed by atoms with E-state index in [4.69, 9.17) is 9.78 Å². The molecule has 0 unspecified atom stereocenters. The number of carbonyl (C=O) groups is 2. The van der Waals surface area contributed by atoms with Crippen LogP contribution in [0.3, 0.4) is 0 Å². The molecule has 0 aliphatic heterocycles. The highest BCUT2D eigenvalue weighted by Gasteiger charge is 2.18. The van der Waals surface area contributed by atoms with E-state index < -0.39 is 11.9 Å². The van der Waals surface area contributed by atoms with Gasteiger partial charge in [-0.25, -0.2) is 19.4 Å². The van der Waals surface area contributed by atoms with E-state index in [0.717, 1.165) is 11.1 Å². The minimum absolute atomic E-state index is 0.338. The first-order valence-electron chi connectivity index (χ1n) is 7.48. The van der Waals surface area contributed by atoms with Crippen LogP contribution in [0.15, 0.2) is 73.8 Å². The Kier molecular flexibility index (Phi) is 6.08. The highest BCUT2D eigenvalue weighted by molar-refractivity contribution is 5.94. The zero-order valence-electron chi connectivity index (χ0n) is 13.2. The van der Waals surface area contributed by atoms with Gasteiger partial charge in [0, 0.05) is 0 Å². The molecule has 2 rings (SSSR count). The smallest absolute Gasteiger partial charge is 0.241 e. The number of allylic oxidation sites excluding steroid dienone is 2. The summed E-state index contributed by atoms with van der Waals surface area (Å²) in [5, 5.41) is 0. The molecule has 0 fully saturated rings. The normalized spacial score (nSPS) is 9.83. The van der Waals surface area contributed by atoms with E-state index in [-0.39, 0.29) is 0 Å². The van der Waals surface area contributed by atoms with Crippen molar-refractivity contribution in [1.82, 2.24) is 0 Å². The molecule has 0 saturated heterocycles. The van der Waals surface area contributed by atoms with Gasteiger partial charge in [0.15, 0.2) is 0 Å². The second kappa shape index (κ2) is 8.48. The summed E-state index contributed by atoms with van der Waals surface area (Å²) in [6.45, 7) is 7.30. The lowest BCUT2D eigenvalue weighted by atomic mass is 10.0. The van der Waals surface area contributed by atoms with Crippen molar-refractivity contribution in [3.8, 4) is 0 Å². The SMILES string of the molecule is C=CCc1ccccc1C(=O)OOC(=O)c1ccccc1CC=C. The molecular formula is C20H18O4. The summed E-state index contributed by atoms with van der Waals surface area (Å²) in [5.74, 6) is -1.44. The van der Waals surface area contributed by atoms with Crippen LogP contribution < -0.4 is 0 Å². The molecule has 122 valence electrons. The third kappa shape index (κ3) is 4.20. The third-order valence-corrected chi connectivity index (χ3v) is 3.40. The quantitative estimate of drug-likeness (QED) is 0.457. The van der Waals surface area contributed by atoms with Crippen molar-refractivity contribution in [2.75, 3.05) is 0 Å². The van der Waals surface area contributed by atoms with E-state index in [1.165, 1.54) is 0 Å². The lowest BCUT2D eigenvalue weighted by Gasteiger charge is -2.08. The Balaban J connectivity index is 2.08. The van der Waals surface area contributed by atoms with Gasteiger partial charge in [-0.1, -0.05) is 48.6 Å². The van der Waals surface area contributed by atoms with Gasteiger partial charge in [-0.2, -0.15) is 0 Å². The molecule has 0 aliphatic carbocycles. The molecule has 0 radical (unpaired) electrons. The van der Waals surface area contributed by atoms with Crippen LogP contribution in [-0.4, -0.2) is 11.9 Å². The minimum atomic E-state index is -0.720. The van der Waals surface area contributed by atoms with Crippen LogP contribution in [0.1, 0.15) is 31.8 Å². The number of carbonyl (C=O) groups excluding carboxylic acids is 2. The van der Waals surface area contributed by atoms with E-state index in [1.54, 1.807) is 48.6 Å². The average molecular weight is 322 g/mol. The molecule has 0 spiro atoms. The molecule has 0 amide bonds. The lowest BCUT2D eigenvalue weighted by Crippen LogP contribution is -2.14. The topological polar surface area (TPSA) is 52.6 Å². The Morgan fingerprint density at radius 3 is 1.50 bits per heavy atom. The van der Waals surface area contributed by atoms with E-state index in [9.17, 15) is 9.59 Å². The second-order valence-electron chi connectivity index (χ2n) is 5.04. The zero-order chi connectivity index (χ0) is 17.4. The number of hydrogen-bond acceptors (Lipinski definition) is 4. The summed E-state index contributed by atoms with van der Waals surface area (Å²) in [6.07, 6.45) is 4.40. The largest absolute Gasteiger partial charge is 0.386 e. The molecule has 0 saturated carbocycles. The van der Waals surface area contributed by atoms with Crippen molar-refractivity contribution in [1.29, 1.82) is 0 Å². The van der Waals surface area contributed by atoms with E-state index in [2.05, 4.69) is 13.2 Å². The third-order valence-electron chi connectivity index (χ3n) is 3.40. The summed E-state index contributed by atoms with van der Waals surface area (Å²) in [6, 6.07) is 13.9. The van der Waals surface area contributed by atoms with Crippen molar-refractivity contribution < 1.29 is 19.4 Å². The van der Waals surface area contributed by atoms with Crippen LogP contribution in [0.25, 0.3) is 0 Å². The summed E-state index contributed by atoms with van der Waals surface area (Å²) in [5.41, 5.74) is 2.18. The van der Waals surface area contributed by atoms with Gasteiger partial charge in [-0.3, -0.25) is 0 Å². The molecule has 4 heteroatoms. The molecule has 0 aromatic heterocycles. The maximum absolute atomic E-state index is 12.1. The van der Waals surface area contributed by atoms with Crippen LogP contribution in [0.5, 0.6) is 0 Å². The first-order chi connectivity index (χ1) is 11.7. The molecule has 0 aliphatic rings. The number of benzene rings is 2. The van der Waals surface area contributed by atoms with Gasteiger partial charge in [-0.05, 0) is 36.1 Å². The Bertz CT molecular complexity index is 696. The molecule has 24 heavy (non-hydrogen) atoms. The van der Waals surface area contributed by atoms with Gasteiger partial charge < -0.3 is 0 Å². The van der Waals surface area contributed by atoms with Crippen LogP contribution in [-0.2, 0) is 22.6 Å². The van der Waals surface area contributed by atoms with Crippen molar-refractivity contribution >= 4 is 11.9 Å². The van der Waals surface area contributed by atoms with Crippen molar-refractivity contribution in [3.63, 3.8) is 0 Å². The molecule has 2 aromatic carbocycles. The highest BCUT2D eigenvalue weighted by Crippen LogP contribution is 2.14. The fraction of sp³-hybridized carbons (Fsp3) is 0.100. The lowest BCUT2D eigenvalue weighted by molar-refractivity contribution is -0.187. The van der Waals surface area contributed by atoms with Gasteiger partial charge in [0.25, 0.3) is 0 Å². The summed E-state index contributed by atoms with van der Waals surface area (Å²) in [4.78, 5) is 33.7. The van der Waals surface area contributed by atoms with Crippen molar-refractivity contribution in [2.24, 2.45) is 0 Å². The van der Waals surface area contributed by atoms with Crippen molar-refractivity contribution in [3.05, 3.63) is 96.1 Å². The molecule has 0 atom stereocenters. The van der Waals surface area contributed by atoms with Gasteiger partial charge in [0.1, 0.15) is 0 Å². The van der Waals surface area contributed by atoms with Gasteiger partial charge >= 0.3 is 11.9 Å². The predicted molar refractivity (Wildman–Crippen MR) is 91.5 cm³/mol. The summed E-state index contributed by atoms with van der Waals surface area (Å²) in [7, 11) is 0. The molecule has 0 N–H and O–H groups in total. The van der Waals surface area contributed by atoms with Gasteiger partial charge in [0.2, 0.25) is 0 Å². The van der Waals surface area contributed by atoms with Crippen LogP contribution in [0, 0.1) is 0 Å². The fourth-order valence-electron chi connectivity index (χ4n) is 2.27. The second-order valence-corrected chi connectivity index (χ2v) is 5.04. The summed E-state index contributed by atoms with van der Waals surface area (Å²) >= 11 is 0. The molecule has 0 heterocycles. The Hall–Kier alpha value is -3.14. The molecule has 2 aromatic rings. The number of hydrogen-bond donors (Lipinski definition) is 0. The van der Waals surface area contributed by atoms with Gasteiger partial charge in [-0.15, -0.1) is 13.2 Å². The maximum atomic E-state index is 12.1. The minimum Gasteiger partial charge on any atom is -0.241 e. The highest BCUT2D eigenvalue weighted by atomic mass is 17.2. The zero-order valence-corrected chi connectivity index (χ0v) is 13.2. The standard InChI is InChI=1S/C20H18O4/c1-3-9-15-11-5-7-13-17(15)19(21)23-24-20(22)18-14-8-6-12-16(18)10-4-2/h3-8,11-14H,1-2,9-10H2. The van der Waals surface area contributed by atoms with Crippen LogP contribution in [0.4, 0.5) is 0 Å². The van der Waals surface area contributed by atoms with Crippen LogP contribution >= 0.6 is 0 Å². The van der Waals surface area contributed by atoms with E-state index >= 15 is 0 Å². The first-order valence-corrected chi connectivity index (χ1v) is 7.48. The predicted octanol–water partition coefficient (Wildman–Crippen LogP) is 4.07. The Morgan fingerprint density at radius 2 is 1.12 bits per heavy atom. The monoisotopic (exact) mass is 322 g/mol. The fourth-order valence-corrected chi connectivity index (χ4v) is 2.27. The van der Waals surface area contributed by atoms with Crippen molar-refractivity contribution in [2.45, 2.75) is 12.8 Å². The molecule has 4 nitrogen and oxygen atoms in total. The Labute approximate surface area is 141 Å². The maximum Gasteiger partial charge on any atom is 0.386 e. The first kappa shape index (κ1) is 17.2. The van der Waals surface area contributed by atoms with Gasteiger partial charge in [0.05, 0.1) is 11.1 Å². The van der Waals surface area contributed by atoms with E-state index in [0.29, 0.717) is 24.0 Å². The molecule has 0 bridgehead atoms. The summed E-state index contributed by atoms with van der Waals surface area (Å²) < 4.78 is 0. The van der Waals surface area contributed by atoms with E-state index in [1.807, 2.05) is 12.1 Å². The van der Waals surface area contributed by atoms with Crippen LogP contribution in [0.2, 0.25) is 0 Å².